The molecule has 1 N–H and O–H groups in total. The Morgan fingerprint density at radius 3 is 2.45 bits per heavy atom. The van der Waals surface area contributed by atoms with Crippen molar-refractivity contribution in [3.8, 4) is 0 Å². The normalized spacial score (nSPS) is 26.5. The summed E-state index contributed by atoms with van der Waals surface area (Å²) in [5.74, 6) is 1.08. The van der Waals surface area contributed by atoms with Gasteiger partial charge in [-0.1, -0.05) is 30.5 Å². The van der Waals surface area contributed by atoms with Gasteiger partial charge in [0.1, 0.15) is 5.82 Å². The number of benzene rings is 1. The van der Waals surface area contributed by atoms with Crippen LogP contribution in [0.2, 0.25) is 5.02 Å². The van der Waals surface area contributed by atoms with E-state index in [4.69, 9.17) is 11.6 Å². The molecule has 1 aromatic carbocycles. The third kappa shape index (κ3) is 4.23. The second-order valence-electron chi connectivity index (χ2n) is 7.11. The third-order valence-electron chi connectivity index (χ3n) is 5.59. The first-order valence-corrected chi connectivity index (χ1v) is 9.28. The van der Waals surface area contributed by atoms with Crippen LogP contribution in [0.25, 0.3) is 0 Å². The van der Waals surface area contributed by atoms with Gasteiger partial charge < -0.3 is 5.32 Å². The van der Waals surface area contributed by atoms with Crippen molar-refractivity contribution in [2.45, 2.75) is 69.7 Å². The molecule has 0 amide bonds. The maximum atomic E-state index is 14.0. The summed E-state index contributed by atoms with van der Waals surface area (Å²) >= 11 is 5.84. The first-order valence-electron chi connectivity index (χ1n) is 8.90. The Bertz CT molecular complexity index is 476. The lowest BCUT2D eigenvalue weighted by atomic mass is 9.77. The lowest BCUT2D eigenvalue weighted by molar-refractivity contribution is 0.299. The Balaban J connectivity index is 1.42. The second-order valence-corrected chi connectivity index (χ2v) is 7.54. The summed E-state index contributed by atoms with van der Waals surface area (Å²) in [4.78, 5) is 0. The van der Waals surface area contributed by atoms with Gasteiger partial charge in [-0.2, -0.15) is 0 Å². The van der Waals surface area contributed by atoms with E-state index in [0.29, 0.717) is 10.9 Å². The van der Waals surface area contributed by atoms with Crippen LogP contribution in [0.4, 0.5) is 4.39 Å². The minimum Gasteiger partial charge on any atom is -0.314 e. The van der Waals surface area contributed by atoms with Gasteiger partial charge in [-0.3, -0.25) is 0 Å². The molecule has 22 heavy (non-hydrogen) atoms. The molecular formula is C19H27ClFN. The zero-order chi connectivity index (χ0) is 15.4. The predicted molar refractivity (Wildman–Crippen MR) is 91.0 cm³/mol. The molecule has 0 aliphatic heterocycles. The minimum atomic E-state index is -0.126. The summed E-state index contributed by atoms with van der Waals surface area (Å²) in [6.45, 7) is 1.16. The van der Waals surface area contributed by atoms with E-state index in [9.17, 15) is 4.39 Å². The van der Waals surface area contributed by atoms with Crippen LogP contribution in [-0.4, -0.2) is 12.6 Å². The fourth-order valence-electron chi connectivity index (χ4n) is 4.22. The highest BCUT2D eigenvalue weighted by Crippen LogP contribution is 2.38. The van der Waals surface area contributed by atoms with E-state index in [-0.39, 0.29) is 5.82 Å². The Morgan fingerprint density at radius 1 is 1.05 bits per heavy atom. The Morgan fingerprint density at radius 2 is 1.77 bits per heavy atom. The average Bonchev–Trinajstić information content (AvgIpc) is 3.02. The topological polar surface area (TPSA) is 12.0 Å². The molecule has 122 valence electrons. The monoisotopic (exact) mass is 323 g/mol. The number of nitrogens with one attached hydrogen (secondary N) is 1. The summed E-state index contributed by atoms with van der Waals surface area (Å²) in [6.07, 6.45) is 11.5. The molecule has 0 aromatic heterocycles. The SMILES string of the molecule is Fc1cc(Cl)ccc1C1CCC(CCNC2CCCC2)CC1. The molecule has 1 nitrogen and oxygen atoms in total. The van der Waals surface area contributed by atoms with Crippen molar-refractivity contribution >= 4 is 11.6 Å². The van der Waals surface area contributed by atoms with E-state index < -0.39 is 0 Å². The van der Waals surface area contributed by atoms with Gasteiger partial charge in [-0.05, 0) is 81.0 Å². The molecule has 1 aromatic rings. The lowest BCUT2D eigenvalue weighted by Gasteiger charge is -2.29. The average molecular weight is 324 g/mol. The van der Waals surface area contributed by atoms with Crippen LogP contribution in [0.15, 0.2) is 18.2 Å². The molecule has 0 bridgehead atoms. The predicted octanol–water partition coefficient (Wildman–Crippen LogP) is 5.68. The largest absolute Gasteiger partial charge is 0.314 e. The zero-order valence-electron chi connectivity index (χ0n) is 13.3. The highest BCUT2D eigenvalue weighted by Gasteiger charge is 2.24. The van der Waals surface area contributed by atoms with Gasteiger partial charge in [-0.15, -0.1) is 0 Å². The van der Waals surface area contributed by atoms with E-state index in [1.807, 2.05) is 12.1 Å². The van der Waals surface area contributed by atoms with Crippen molar-refractivity contribution in [1.82, 2.24) is 5.32 Å². The molecule has 0 unspecified atom stereocenters. The zero-order valence-corrected chi connectivity index (χ0v) is 14.0. The van der Waals surface area contributed by atoms with Crippen LogP contribution in [0, 0.1) is 11.7 Å². The summed E-state index contributed by atoms with van der Waals surface area (Å²) in [5, 5.41) is 4.21. The van der Waals surface area contributed by atoms with Crippen molar-refractivity contribution in [3.63, 3.8) is 0 Å². The molecule has 2 aliphatic rings. The van der Waals surface area contributed by atoms with Gasteiger partial charge in [0.25, 0.3) is 0 Å². The molecule has 0 spiro atoms. The second kappa shape index (κ2) is 7.79. The van der Waals surface area contributed by atoms with Crippen LogP contribution in [0.5, 0.6) is 0 Å². The fourth-order valence-corrected chi connectivity index (χ4v) is 4.38. The number of rotatable bonds is 5. The molecule has 2 aliphatic carbocycles. The molecule has 0 heterocycles. The van der Waals surface area contributed by atoms with Crippen LogP contribution in [0.3, 0.4) is 0 Å². The molecule has 2 saturated carbocycles. The smallest absolute Gasteiger partial charge is 0.128 e. The van der Waals surface area contributed by atoms with Crippen molar-refractivity contribution in [3.05, 3.63) is 34.6 Å². The highest BCUT2D eigenvalue weighted by atomic mass is 35.5. The Kier molecular flexibility index (Phi) is 5.76. The van der Waals surface area contributed by atoms with Crippen LogP contribution in [0.1, 0.15) is 69.3 Å². The molecule has 3 rings (SSSR count). The van der Waals surface area contributed by atoms with Crippen molar-refractivity contribution in [2.24, 2.45) is 5.92 Å². The van der Waals surface area contributed by atoms with Gasteiger partial charge in [0.15, 0.2) is 0 Å². The standard InChI is InChI=1S/C19H27ClFN/c20-16-9-10-18(19(21)13-16)15-7-5-14(6-8-15)11-12-22-17-3-1-2-4-17/h9-10,13-15,17,22H,1-8,11-12H2. The fraction of sp³-hybridized carbons (Fsp3) is 0.684. The summed E-state index contributed by atoms with van der Waals surface area (Å²) in [7, 11) is 0. The summed E-state index contributed by atoms with van der Waals surface area (Å²) < 4.78 is 14.0. The van der Waals surface area contributed by atoms with Gasteiger partial charge >= 0.3 is 0 Å². The molecular weight excluding hydrogens is 297 g/mol. The molecule has 2 fully saturated rings. The van der Waals surface area contributed by atoms with Crippen LogP contribution in [-0.2, 0) is 0 Å². The van der Waals surface area contributed by atoms with Crippen molar-refractivity contribution in [2.75, 3.05) is 6.54 Å². The number of hydrogen-bond acceptors (Lipinski definition) is 1. The number of halogens is 2. The third-order valence-corrected chi connectivity index (χ3v) is 5.82. The highest BCUT2D eigenvalue weighted by molar-refractivity contribution is 6.30. The maximum Gasteiger partial charge on any atom is 0.128 e. The Hall–Kier alpha value is -0.600. The minimum absolute atomic E-state index is 0.126. The summed E-state index contributed by atoms with van der Waals surface area (Å²) in [6, 6.07) is 5.93. The van der Waals surface area contributed by atoms with Gasteiger partial charge in [0, 0.05) is 11.1 Å². The first kappa shape index (κ1) is 16.3. The van der Waals surface area contributed by atoms with Crippen molar-refractivity contribution < 1.29 is 4.39 Å². The summed E-state index contributed by atoms with van der Waals surface area (Å²) in [5.41, 5.74) is 0.868. The number of hydrogen-bond donors (Lipinski definition) is 1. The van der Waals surface area contributed by atoms with Gasteiger partial charge in [0.05, 0.1) is 0 Å². The quantitative estimate of drug-likeness (QED) is 0.735. The molecule has 0 atom stereocenters. The van der Waals surface area contributed by atoms with E-state index in [0.717, 1.165) is 36.9 Å². The van der Waals surface area contributed by atoms with Crippen LogP contribution >= 0.6 is 11.6 Å². The van der Waals surface area contributed by atoms with E-state index in [1.165, 1.54) is 51.0 Å². The molecule has 0 saturated heterocycles. The maximum absolute atomic E-state index is 14.0. The van der Waals surface area contributed by atoms with E-state index in [2.05, 4.69) is 5.32 Å². The van der Waals surface area contributed by atoms with E-state index >= 15 is 0 Å². The lowest BCUT2D eigenvalue weighted by Crippen LogP contribution is -2.28. The molecule has 3 heteroatoms. The first-order chi connectivity index (χ1) is 10.7. The molecule has 0 radical (unpaired) electrons. The van der Waals surface area contributed by atoms with Crippen LogP contribution < -0.4 is 5.32 Å². The Labute approximate surface area is 138 Å². The van der Waals surface area contributed by atoms with Crippen molar-refractivity contribution in [1.29, 1.82) is 0 Å². The van der Waals surface area contributed by atoms with Gasteiger partial charge in [-0.25, -0.2) is 4.39 Å². The van der Waals surface area contributed by atoms with Gasteiger partial charge in [0.2, 0.25) is 0 Å². The van der Waals surface area contributed by atoms with E-state index in [1.54, 1.807) is 0 Å².